The van der Waals surface area contributed by atoms with Gasteiger partial charge in [0.15, 0.2) is 5.15 Å². The largest absolute Gasteiger partial charge is 0.399 e. The van der Waals surface area contributed by atoms with Gasteiger partial charge in [0.2, 0.25) is 5.91 Å². The maximum atomic E-state index is 11.8. The maximum Gasteiger partial charge on any atom is 0.224 e. The van der Waals surface area contributed by atoms with E-state index in [1.165, 1.54) is 0 Å². The fourth-order valence-corrected chi connectivity index (χ4v) is 1.80. The monoisotopic (exact) mass is 275 g/mol. The van der Waals surface area contributed by atoms with E-state index in [-0.39, 0.29) is 5.91 Å². The zero-order valence-corrected chi connectivity index (χ0v) is 11.0. The van der Waals surface area contributed by atoms with Gasteiger partial charge in [0, 0.05) is 18.3 Å². The second-order valence-corrected chi connectivity index (χ2v) is 4.49. The Labute approximate surface area is 116 Å². The Morgan fingerprint density at radius 3 is 2.68 bits per heavy atom. The lowest BCUT2D eigenvalue weighted by atomic mass is 10.1. The van der Waals surface area contributed by atoms with Crippen LogP contribution >= 0.6 is 11.6 Å². The lowest BCUT2D eigenvalue weighted by Gasteiger charge is -2.06. The summed E-state index contributed by atoms with van der Waals surface area (Å²) in [6, 6.07) is 10.9. The molecule has 0 saturated heterocycles. The van der Waals surface area contributed by atoms with E-state index in [0.717, 1.165) is 11.3 Å². The van der Waals surface area contributed by atoms with Crippen molar-refractivity contribution in [3.63, 3.8) is 0 Å². The van der Waals surface area contributed by atoms with Crippen LogP contribution in [0.3, 0.4) is 0 Å². The van der Waals surface area contributed by atoms with Crippen molar-refractivity contribution in [1.29, 1.82) is 0 Å². The minimum Gasteiger partial charge on any atom is -0.399 e. The van der Waals surface area contributed by atoms with Gasteiger partial charge in [-0.25, -0.2) is 4.98 Å². The van der Waals surface area contributed by atoms with E-state index < -0.39 is 0 Å². The number of halogens is 1. The molecule has 4 nitrogen and oxygen atoms in total. The molecule has 2 aromatic rings. The molecule has 0 radical (unpaired) electrons. The number of rotatable bonds is 4. The number of nitrogens with zero attached hydrogens (tertiary/aromatic N) is 1. The van der Waals surface area contributed by atoms with Crippen LogP contribution in [0.15, 0.2) is 42.6 Å². The number of carbonyl (C=O) groups excluding carboxylic acids is 1. The van der Waals surface area contributed by atoms with Gasteiger partial charge in [-0.2, -0.15) is 0 Å². The van der Waals surface area contributed by atoms with Crippen LogP contribution in [0.25, 0.3) is 0 Å². The molecular weight excluding hydrogens is 262 g/mol. The van der Waals surface area contributed by atoms with Crippen molar-refractivity contribution in [2.24, 2.45) is 0 Å². The third kappa shape index (κ3) is 3.96. The van der Waals surface area contributed by atoms with Gasteiger partial charge in [0.05, 0.1) is 5.69 Å². The van der Waals surface area contributed by atoms with E-state index in [1.54, 1.807) is 18.3 Å². The average molecular weight is 276 g/mol. The number of nitrogens with two attached hydrogens (primary N) is 1. The van der Waals surface area contributed by atoms with Crippen molar-refractivity contribution >= 4 is 28.9 Å². The first kappa shape index (κ1) is 13.4. The van der Waals surface area contributed by atoms with E-state index in [4.69, 9.17) is 17.3 Å². The Kier molecular flexibility index (Phi) is 4.36. The molecule has 1 aromatic heterocycles. The molecule has 98 valence electrons. The molecule has 0 spiro atoms. The predicted octanol–water partition coefficient (Wildman–Crippen LogP) is 2.89. The Balaban J connectivity index is 1.88. The van der Waals surface area contributed by atoms with Gasteiger partial charge in [0.1, 0.15) is 0 Å². The van der Waals surface area contributed by atoms with Crippen molar-refractivity contribution in [2.75, 3.05) is 11.1 Å². The van der Waals surface area contributed by atoms with Crippen molar-refractivity contribution in [3.8, 4) is 0 Å². The Bertz CT molecular complexity index is 569. The summed E-state index contributed by atoms with van der Waals surface area (Å²) >= 11 is 5.86. The number of hydrogen-bond donors (Lipinski definition) is 2. The quantitative estimate of drug-likeness (QED) is 0.666. The number of aryl methyl sites for hydroxylation is 1. The zero-order valence-electron chi connectivity index (χ0n) is 10.3. The summed E-state index contributed by atoms with van der Waals surface area (Å²) < 4.78 is 0. The Morgan fingerprint density at radius 2 is 2.00 bits per heavy atom. The highest BCUT2D eigenvalue weighted by Gasteiger charge is 2.06. The molecule has 0 aliphatic heterocycles. The summed E-state index contributed by atoms with van der Waals surface area (Å²) in [5.41, 5.74) is 7.92. The lowest BCUT2D eigenvalue weighted by molar-refractivity contribution is -0.116. The molecule has 0 saturated carbocycles. The van der Waals surface area contributed by atoms with Crippen LogP contribution < -0.4 is 11.1 Å². The number of benzene rings is 1. The van der Waals surface area contributed by atoms with E-state index >= 15 is 0 Å². The molecule has 0 fully saturated rings. The number of pyridine rings is 1. The Hall–Kier alpha value is -2.07. The summed E-state index contributed by atoms with van der Waals surface area (Å²) in [6.07, 6.45) is 2.62. The summed E-state index contributed by atoms with van der Waals surface area (Å²) in [6.45, 7) is 0. The summed E-state index contributed by atoms with van der Waals surface area (Å²) in [4.78, 5) is 15.7. The number of anilines is 2. The second-order valence-electron chi connectivity index (χ2n) is 4.13. The minimum atomic E-state index is -0.0910. The maximum absolute atomic E-state index is 11.8. The van der Waals surface area contributed by atoms with Gasteiger partial charge in [-0.3, -0.25) is 4.79 Å². The summed E-state index contributed by atoms with van der Waals surface area (Å²) in [5, 5.41) is 3.03. The van der Waals surface area contributed by atoms with Crippen molar-refractivity contribution in [3.05, 3.63) is 53.3 Å². The van der Waals surface area contributed by atoms with Crippen LogP contribution in [-0.4, -0.2) is 10.9 Å². The normalized spacial score (nSPS) is 10.2. The van der Waals surface area contributed by atoms with Crippen LogP contribution in [0.5, 0.6) is 0 Å². The molecule has 0 unspecified atom stereocenters. The lowest BCUT2D eigenvalue weighted by Crippen LogP contribution is -2.12. The molecule has 5 heteroatoms. The molecule has 0 aliphatic carbocycles. The molecule has 1 heterocycles. The SMILES string of the molecule is Nc1ccc(CCC(=O)Nc2cccnc2Cl)cc1. The number of carbonyl (C=O) groups is 1. The highest BCUT2D eigenvalue weighted by Crippen LogP contribution is 2.17. The van der Waals surface area contributed by atoms with Crippen LogP contribution in [0.1, 0.15) is 12.0 Å². The summed E-state index contributed by atoms with van der Waals surface area (Å²) in [7, 11) is 0. The topological polar surface area (TPSA) is 68.0 Å². The predicted molar refractivity (Wildman–Crippen MR) is 77.1 cm³/mol. The molecule has 0 atom stereocenters. The molecule has 19 heavy (non-hydrogen) atoms. The van der Waals surface area contributed by atoms with Crippen molar-refractivity contribution in [2.45, 2.75) is 12.8 Å². The first-order chi connectivity index (χ1) is 9.15. The first-order valence-electron chi connectivity index (χ1n) is 5.90. The van der Waals surface area contributed by atoms with Crippen molar-refractivity contribution < 1.29 is 4.79 Å². The van der Waals surface area contributed by atoms with Gasteiger partial charge in [0.25, 0.3) is 0 Å². The highest BCUT2D eigenvalue weighted by molar-refractivity contribution is 6.32. The van der Waals surface area contributed by atoms with Gasteiger partial charge >= 0.3 is 0 Å². The number of nitrogens with one attached hydrogen (secondary N) is 1. The molecular formula is C14H14ClN3O. The molecule has 3 N–H and O–H groups in total. The molecule has 1 aromatic carbocycles. The Morgan fingerprint density at radius 1 is 1.26 bits per heavy atom. The smallest absolute Gasteiger partial charge is 0.224 e. The number of amides is 1. The first-order valence-corrected chi connectivity index (χ1v) is 6.28. The van der Waals surface area contributed by atoms with E-state index in [2.05, 4.69) is 10.3 Å². The van der Waals surface area contributed by atoms with Gasteiger partial charge in [-0.05, 0) is 36.2 Å². The molecule has 1 amide bonds. The summed E-state index contributed by atoms with van der Waals surface area (Å²) in [5.74, 6) is -0.0910. The second kappa shape index (κ2) is 6.20. The van der Waals surface area contributed by atoms with E-state index in [9.17, 15) is 4.79 Å². The average Bonchev–Trinajstić information content (AvgIpc) is 2.41. The van der Waals surface area contributed by atoms with Crippen LogP contribution in [0, 0.1) is 0 Å². The minimum absolute atomic E-state index is 0.0910. The zero-order chi connectivity index (χ0) is 13.7. The van der Waals surface area contributed by atoms with Crippen LogP contribution in [0.4, 0.5) is 11.4 Å². The van der Waals surface area contributed by atoms with Crippen LogP contribution in [0.2, 0.25) is 5.15 Å². The van der Waals surface area contributed by atoms with Gasteiger partial charge in [-0.1, -0.05) is 23.7 Å². The number of aromatic nitrogens is 1. The van der Waals surface area contributed by atoms with E-state index in [0.29, 0.717) is 23.7 Å². The fourth-order valence-electron chi connectivity index (χ4n) is 1.63. The molecule has 0 aliphatic rings. The van der Waals surface area contributed by atoms with Gasteiger partial charge in [-0.15, -0.1) is 0 Å². The van der Waals surface area contributed by atoms with E-state index in [1.807, 2.05) is 24.3 Å². The molecule has 0 bridgehead atoms. The highest BCUT2D eigenvalue weighted by atomic mass is 35.5. The third-order valence-electron chi connectivity index (χ3n) is 2.65. The van der Waals surface area contributed by atoms with Gasteiger partial charge < -0.3 is 11.1 Å². The third-order valence-corrected chi connectivity index (χ3v) is 2.95. The standard InChI is InChI=1S/C14H14ClN3O/c15-14-12(2-1-9-17-14)18-13(19)8-5-10-3-6-11(16)7-4-10/h1-4,6-7,9H,5,8,16H2,(H,18,19). The number of nitrogen functional groups attached to an aromatic ring is 1. The number of hydrogen-bond acceptors (Lipinski definition) is 3. The molecule has 2 rings (SSSR count). The fraction of sp³-hybridized carbons (Fsp3) is 0.143. The van der Waals surface area contributed by atoms with Crippen molar-refractivity contribution in [1.82, 2.24) is 4.98 Å². The van der Waals surface area contributed by atoms with Crippen LogP contribution in [-0.2, 0) is 11.2 Å².